The second-order valence-corrected chi connectivity index (χ2v) is 8.63. The molecule has 9 nitrogen and oxygen atoms in total. The summed E-state index contributed by atoms with van der Waals surface area (Å²) in [6.07, 6.45) is 3.48. The number of carbonyl (C=O) groups is 1. The van der Waals surface area contributed by atoms with Gasteiger partial charge in [-0.1, -0.05) is 55.3 Å². The molecule has 0 radical (unpaired) electrons. The van der Waals surface area contributed by atoms with E-state index in [1.165, 1.54) is 0 Å². The van der Waals surface area contributed by atoms with Gasteiger partial charge >= 0.3 is 5.95 Å². The van der Waals surface area contributed by atoms with Crippen LogP contribution in [0.3, 0.4) is 0 Å². The first kappa shape index (κ1) is 23.2. The molecule has 5 rings (SSSR count). The number of nitrogens with zero attached hydrogens (tertiary/aromatic N) is 4. The number of unbranched alkanes of at least 4 members (excludes halogenated alkanes) is 3. The zero-order valence-electron chi connectivity index (χ0n) is 19.7. The Labute approximate surface area is 207 Å². The number of nitrogens with one attached hydrogen (secondary N) is 2. The molecule has 0 aliphatic heterocycles. The van der Waals surface area contributed by atoms with E-state index in [1.807, 2.05) is 36.4 Å². The molecule has 5 aromatic rings. The molecule has 2 heterocycles. The van der Waals surface area contributed by atoms with Crippen LogP contribution < -0.4 is 20.2 Å². The van der Waals surface area contributed by atoms with E-state index in [9.17, 15) is 15.2 Å². The fraction of sp³-hybridized carbons (Fsp3) is 0.222. The van der Waals surface area contributed by atoms with Crippen LogP contribution in [0.5, 0.6) is 0 Å². The van der Waals surface area contributed by atoms with Crippen molar-refractivity contribution in [3.63, 3.8) is 0 Å². The Morgan fingerprint density at radius 1 is 0.806 bits per heavy atom. The molecular formula is C27H26N6O3. The maximum Gasteiger partial charge on any atom is 0.460 e. The van der Waals surface area contributed by atoms with Gasteiger partial charge in [-0.05, 0) is 37.1 Å². The van der Waals surface area contributed by atoms with Gasteiger partial charge in [-0.25, -0.2) is 9.71 Å². The minimum atomic E-state index is -0.127. The highest BCUT2D eigenvalue weighted by Gasteiger charge is 2.19. The first-order valence-electron chi connectivity index (χ1n) is 12.0. The molecule has 0 unspecified atom stereocenters. The van der Waals surface area contributed by atoms with Crippen LogP contribution in [0.4, 0.5) is 5.95 Å². The maximum absolute atomic E-state index is 12.8. The van der Waals surface area contributed by atoms with E-state index in [1.54, 1.807) is 30.3 Å². The number of anilines is 1. The van der Waals surface area contributed by atoms with Crippen molar-refractivity contribution in [2.75, 3.05) is 18.4 Å². The molecule has 9 heteroatoms. The Bertz CT molecular complexity index is 1560. The van der Waals surface area contributed by atoms with E-state index in [0.717, 1.165) is 42.0 Å². The number of aromatic nitrogens is 4. The molecule has 36 heavy (non-hydrogen) atoms. The number of rotatable bonds is 9. The van der Waals surface area contributed by atoms with Gasteiger partial charge in [0.15, 0.2) is 5.52 Å². The van der Waals surface area contributed by atoms with Gasteiger partial charge in [-0.3, -0.25) is 10.1 Å². The first-order valence-corrected chi connectivity index (χ1v) is 12.0. The Kier molecular flexibility index (Phi) is 6.70. The average molecular weight is 483 g/mol. The van der Waals surface area contributed by atoms with Gasteiger partial charge in [0.2, 0.25) is 5.10 Å². The van der Waals surface area contributed by atoms with Crippen LogP contribution in [-0.4, -0.2) is 29.1 Å². The van der Waals surface area contributed by atoms with Crippen molar-refractivity contribution in [3.8, 4) is 0 Å². The molecule has 0 spiro atoms. The summed E-state index contributed by atoms with van der Waals surface area (Å²) in [7, 11) is 0. The Hall–Kier alpha value is -4.53. The lowest BCUT2D eigenvalue weighted by Crippen LogP contribution is -2.44. The summed E-state index contributed by atoms with van der Waals surface area (Å²) < 4.78 is 0.643. The molecular weight excluding hydrogens is 456 g/mol. The zero-order valence-corrected chi connectivity index (χ0v) is 19.7. The van der Waals surface area contributed by atoms with E-state index in [0.29, 0.717) is 33.7 Å². The lowest BCUT2D eigenvalue weighted by molar-refractivity contribution is -0.672. The average Bonchev–Trinajstić information content (AvgIpc) is 2.91. The summed E-state index contributed by atoms with van der Waals surface area (Å²) in [6.45, 7) is 1.09. The standard InChI is InChI=1S/C27H26N6O3/c34-26(21-12-9-11-20-18-19-10-3-4-13-22(19)30-25(20)21)28-16-7-1-2-8-17-29-27-31-33(36)24-15-6-5-14-23(24)32(27)35/h3-6,9-15,18H,1-2,7-8,16-17H2,(H,28,34)(H,29,31). The van der Waals surface area contributed by atoms with Crippen molar-refractivity contribution in [1.29, 1.82) is 0 Å². The highest BCUT2D eigenvalue weighted by molar-refractivity contribution is 6.07. The summed E-state index contributed by atoms with van der Waals surface area (Å²) in [6, 6.07) is 22.1. The molecule has 2 N–H and O–H groups in total. The highest BCUT2D eigenvalue weighted by Crippen LogP contribution is 2.22. The second-order valence-electron chi connectivity index (χ2n) is 8.63. The fourth-order valence-electron chi connectivity index (χ4n) is 4.29. The van der Waals surface area contributed by atoms with Crippen LogP contribution in [0.1, 0.15) is 36.0 Å². The molecule has 0 aliphatic carbocycles. The van der Waals surface area contributed by atoms with Gasteiger partial charge in [0.05, 0.1) is 23.1 Å². The third-order valence-electron chi connectivity index (χ3n) is 6.15. The van der Waals surface area contributed by atoms with Crippen molar-refractivity contribution in [2.24, 2.45) is 0 Å². The second kappa shape index (κ2) is 10.4. The van der Waals surface area contributed by atoms with Crippen LogP contribution in [-0.2, 0) is 0 Å². The smallest absolute Gasteiger partial charge is 0.460 e. The zero-order chi connectivity index (χ0) is 24.9. The molecule has 1 amide bonds. The van der Waals surface area contributed by atoms with Crippen molar-refractivity contribution in [1.82, 2.24) is 15.4 Å². The van der Waals surface area contributed by atoms with Crippen molar-refractivity contribution in [2.45, 2.75) is 25.7 Å². The Balaban J connectivity index is 1.08. The summed E-state index contributed by atoms with van der Waals surface area (Å²) in [5, 5.41) is 36.1. The van der Waals surface area contributed by atoms with Gasteiger partial charge in [-0.15, -0.1) is 0 Å². The maximum atomic E-state index is 12.8. The molecule has 0 aliphatic rings. The first-order chi connectivity index (χ1) is 17.6. The van der Waals surface area contributed by atoms with E-state index in [-0.39, 0.29) is 22.9 Å². The van der Waals surface area contributed by atoms with Gasteiger partial charge in [0, 0.05) is 28.2 Å². The Morgan fingerprint density at radius 3 is 2.39 bits per heavy atom. The van der Waals surface area contributed by atoms with Gasteiger partial charge in [0.25, 0.3) is 11.4 Å². The summed E-state index contributed by atoms with van der Waals surface area (Å²) >= 11 is 0. The molecule has 2 aromatic heterocycles. The monoisotopic (exact) mass is 482 g/mol. The topological polar surface area (TPSA) is 121 Å². The van der Waals surface area contributed by atoms with E-state index in [2.05, 4.69) is 21.8 Å². The van der Waals surface area contributed by atoms with Crippen LogP contribution in [0.25, 0.3) is 32.8 Å². The van der Waals surface area contributed by atoms with Crippen LogP contribution in [0.15, 0.2) is 72.8 Å². The third kappa shape index (κ3) is 4.81. The normalized spacial score (nSPS) is 11.2. The number of para-hydroxylation sites is 4. The molecule has 0 saturated carbocycles. The number of fused-ring (bicyclic) bond motifs is 3. The lowest BCUT2D eigenvalue weighted by atomic mass is 10.1. The minimum absolute atomic E-state index is 0.00700. The molecule has 0 saturated heterocycles. The van der Waals surface area contributed by atoms with E-state index >= 15 is 0 Å². The summed E-state index contributed by atoms with van der Waals surface area (Å²) in [5.41, 5.74) is 2.65. The molecule has 0 atom stereocenters. The Morgan fingerprint density at radius 2 is 1.53 bits per heavy atom. The van der Waals surface area contributed by atoms with E-state index in [4.69, 9.17) is 4.98 Å². The molecule has 3 aromatic carbocycles. The third-order valence-corrected chi connectivity index (χ3v) is 6.15. The highest BCUT2D eigenvalue weighted by atomic mass is 16.5. The SMILES string of the molecule is O=C(NCCCCCCNc1n[n+]([O-])c2ccccc2[n+]1[O-])c1cccc2cc3ccccc3nc12. The van der Waals surface area contributed by atoms with Crippen LogP contribution in [0.2, 0.25) is 0 Å². The van der Waals surface area contributed by atoms with Crippen molar-refractivity contribution < 1.29 is 14.4 Å². The van der Waals surface area contributed by atoms with E-state index < -0.39 is 0 Å². The summed E-state index contributed by atoms with van der Waals surface area (Å²) in [4.78, 5) is 18.0. The number of amides is 1. The van der Waals surface area contributed by atoms with Gasteiger partial charge < -0.3 is 15.7 Å². The largest absolute Gasteiger partial charge is 0.739 e. The van der Waals surface area contributed by atoms with Gasteiger partial charge in [0.1, 0.15) is 0 Å². The quantitative estimate of drug-likeness (QED) is 0.143. The predicted octanol–water partition coefficient (Wildman–Crippen LogP) is 3.61. The number of hydrogen-bond donors (Lipinski definition) is 2. The van der Waals surface area contributed by atoms with Crippen LogP contribution in [0, 0.1) is 10.4 Å². The molecule has 0 fully saturated rings. The van der Waals surface area contributed by atoms with Crippen LogP contribution >= 0.6 is 0 Å². The number of hydrogen-bond acceptors (Lipinski definition) is 6. The summed E-state index contributed by atoms with van der Waals surface area (Å²) in [5.74, 6) is -0.134. The molecule has 0 bridgehead atoms. The number of carbonyl (C=O) groups excluding carboxylic acids is 1. The number of pyridine rings is 1. The number of benzene rings is 3. The van der Waals surface area contributed by atoms with Gasteiger partial charge in [-0.2, -0.15) is 0 Å². The predicted molar refractivity (Wildman–Crippen MR) is 138 cm³/mol. The fourth-order valence-corrected chi connectivity index (χ4v) is 4.29. The molecule has 182 valence electrons. The van der Waals surface area contributed by atoms with Crippen molar-refractivity contribution >= 4 is 44.7 Å². The minimum Gasteiger partial charge on any atom is -0.739 e. The lowest BCUT2D eigenvalue weighted by Gasteiger charge is -2.10. The van der Waals surface area contributed by atoms with Crippen molar-refractivity contribution in [3.05, 3.63) is 88.8 Å².